The molecule has 2 aromatic rings. The van der Waals surface area contributed by atoms with Gasteiger partial charge in [-0.1, -0.05) is 60.7 Å². The Bertz CT molecular complexity index is 462. The van der Waals surface area contributed by atoms with Gasteiger partial charge in [0.15, 0.2) is 0 Å². The van der Waals surface area contributed by atoms with E-state index in [0.29, 0.717) is 12.7 Å². The van der Waals surface area contributed by atoms with Gasteiger partial charge < -0.3 is 9.47 Å². The number of aryl methyl sites for hydroxylation is 1. The van der Waals surface area contributed by atoms with E-state index in [2.05, 4.69) is 42.5 Å². The second-order valence-corrected chi connectivity index (χ2v) is 5.23. The fourth-order valence-electron chi connectivity index (χ4n) is 2.38. The van der Waals surface area contributed by atoms with Gasteiger partial charge in [0.25, 0.3) is 0 Å². The van der Waals surface area contributed by atoms with Crippen LogP contribution in [0.2, 0.25) is 0 Å². The third kappa shape index (κ3) is 3.92. The number of hydrogen-bond acceptors (Lipinski definition) is 2. The van der Waals surface area contributed by atoms with Crippen LogP contribution in [-0.4, -0.2) is 18.8 Å². The Kier molecular flexibility index (Phi) is 4.46. The Hall–Kier alpha value is -1.64. The number of benzene rings is 2. The van der Waals surface area contributed by atoms with Crippen molar-refractivity contribution in [1.82, 2.24) is 0 Å². The molecule has 1 fully saturated rings. The Balaban J connectivity index is 1.51. The summed E-state index contributed by atoms with van der Waals surface area (Å²) in [5, 5.41) is 0. The summed E-state index contributed by atoms with van der Waals surface area (Å²) < 4.78 is 11.5. The molecule has 1 saturated heterocycles. The van der Waals surface area contributed by atoms with E-state index in [4.69, 9.17) is 9.47 Å². The first-order valence-electron chi connectivity index (χ1n) is 7.23. The molecule has 20 heavy (non-hydrogen) atoms. The summed E-state index contributed by atoms with van der Waals surface area (Å²) >= 11 is 0. The first kappa shape index (κ1) is 13.3. The maximum atomic E-state index is 6.05. The molecule has 0 aromatic heterocycles. The van der Waals surface area contributed by atoms with E-state index in [1.807, 2.05) is 18.2 Å². The SMILES string of the molecule is c1ccc(CCC(OCc2ccccc2)C2CO2)cc1. The summed E-state index contributed by atoms with van der Waals surface area (Å²) in [5.41, 5.74) is 2.58. The minimum absolute atomic E-state index is 0.204. The van der Waals surface area contributed by atoms with Crippen LogP contribution < -0.4 is 0 Å². The summed E-state index contributed by atoms with van der Waals surface area (Å²) in [5.74, 6) is 0. The second-order valence-electron chi connectivity index (χ2n) is 5.23. The molecular formula is C18H20O2. The van der Waals surface area contributed by atoms with Crippen LogP contribution in [0.1, 0.15) is 17.5 Å². The summed E-state index contributed by atoms with van der Waals surface area (Å²) in [7, 11) is 0. The largest absolute Gasteiger partial charge is 0.371 e. The highest BCUT2D eigenvalue weighted by atomic mass is 16.6. The molecule has 2 heteroatoms. The molecule has 1 aliphatic heterocycles. The van der Waals surface area contributed by atoms with Gasteiger partial charge in [-0.2, -0.15) is 0 Å². The second kappa shape index (κ2) is 6.69. The van der Waals surface area contributed by atoms with Gasteiger partial charge in [0.05, 0.1) is 19.3 Å². The predicted molar refractivity (Wildman–Crippen MR) is 79.5 cm³/mol. The van der Waals surface area contributed by atoms with Gasteiger partial charge in [-0.25, -0.2) is 0 Å². The maximum Gasteiger partial charge on any atom is 0.107 e. The van der Waals surface area contributed by atoms with Gasteiger partial charge >= 0.3 is 0 Å². The number of epoxide rings is 1. The summed E-state index contributed by atoms with van der Waals surface area (Å²) in [4.78, 5) is 0. The Labute approximate surface area is 120 Å². The van der Waals surface area contributed by atoms with Crippen molar-refractivity contribution in [1.29, 1.82) is 0 Å². The standard InChI is InChI=1S/C18H20O2/c1-3-7-15(8-4-1)11-12-17(18-14-20-18)19-13-16-9-5-2-6-10-16/h1-10,17-18H,11-14H2. The van der Waals surface area contributed by atoms with Gasteiger partial charge in [0.2, 0.25) is 0 Å². The molecule has 0 bridgehead atoms. The van der Waals surface area contributed by atoms with Gasteiger partial charge in [-0.3, -0.25) is 0 Å². The quantitative estimate of drug-likeness (QED) is 0.716. The van der Waals surface area contributed by atoms with Crippen LogP contribution in [0.4, 0.5) is 0 Å². The Morgan fingerprint density at radius 2 is 1.55 bits per heavy atom. The number of ether oxygens (including phenoxy) is 2. The maximum absolute atomic E-state index is 6.05. The van der Waals surface area contributed by atoms with Crippen molar-refractivity contribution in [3.05, 3.63) is 71.8 Å². The third-order valence-corrected chi connectivity index (χ3v) is 3.64. The van der Waals surface area contributed by atoms with Crippen LogP contribution in [-0.2, 0) is 22.5 Å². The highest BCUT2D eigenvalue weighted by Crippen LogP contribution is 2.22. The summed E-state index contributed by atoms with van der Waals surface area (Å²) in [6, 6.07) is 20.9. The van der Waals surface area contributed by atoms with E-state index in [1.165, 1.54) is 11.1 Å². The van der Waals surface area contributed by atoms with Gasteiger partial charge in [-0.15, -0.1) is 0 Å². The summed E-state index contributed by atoms with van der Waals surface area (Å²) in [6.45, 7) is 1.51. The van der Waals surface area contributed by atoms with Crippen molar-refractivity contribution in [2.45, 2.75) is 31.7 Å². The lowest BCUT2D eigenvalue weighted by atomic mass is 10.1. The zero-order valence-electron chi connectivity index (χ0n) is 11.6. The van der Waals surface area contributed by atoms with E-state index in [0.717, 1.165) is 19.4 Å². The van der Waals surface area contributed by atoms with Crippen molar-refractivity contribution in [3.8, 4) is 0 Å². The Morgan fingerprint density at radius 1 is 0.950 bits per heavy atom. The molecule has 1 aliphatic rings. The van der Waals surface area contributed by atoms with Gasteiger partial charge in [0.1, 0.15) is 6.10 Å². The van der Waals surface area contributed by atoms with Crippen molar-refractivity contribution >= 4 is 0 Å². The zero-order valence-corrected chi connectivity index (χ0v) is 11.6. The summed E-state index contributed by atoms with van der Waals surface area (Å²) in [6.07, 6.45) is 2.56. The van der Waals surface area contributed by atoms with Crippen molar-refractivity contribution in [2.75, 3.05) is 6.61 Å². The lowest BCUT2D eigenvalue weighted by molar-refractivity contribution is 0.0166. The van der Waals surface area contributed by atoms with Crippen molar-refractivity contribution in [2.24, 2.45) is 0 Å². The van der Waals surface area contributed by atoms with Crippen LogP contribution in [0.25, 0.3) is 0 Å². The van der Waals surface area contributed by atoms with E-state index in [1.54, 1.807) is 0 Å². The average Bonchev–Trinajstić information content (AvgIpc) is 3.34. The zero-order chi connectivity index (χ0) is 13.6. The molecule has 2 unspecified atom stereocenters. The van der Waals surface area contributed by atoms with E-state index in [-0.39, 0.29) is 6.10 Å². The third-order valence-electron chi connectivity index (χ3n) is 3.64. The van der Waals surface area contributed by atoms with Crippen LogP contribution in [0.15, 0.2) is 60.7 Å². The molecule has 3 rings (SSSR count). The van der Waals surface area contributed by atoms with Gasteiger partial charge in [-0.05, 0) is 24.0 Å². The van der Waals surface area contributed by atoms with Crippen LogP contribution in [0.3, 0.4) is 0 Å². The minimum Gasteiger partial charge on any atom is -0.371 e. The molecular weight excluding hydrogens is 248 g/mol. The Morgan fingerprint density at radius 3 is 2.15 bits per heavy atom. The molecule has 0 radical (unpaired) electrons. The first-order valence-corrected chi connectivity index (χ1v) is 7.23. The molecule has 0 N–H and O–H groups in total. The molecule has 0 amide bonds. The van der Waals surface area contributed by atoms with Crippen LogP contribution >= 0.6 is 0 Å². The number of hydrogen-bond donors (Lipinski definition) is 0. The van der Waals surface area contributed by atoms with Gasteiger partial charge in [0, 0.05) is 0 Å². The molecule has 0 spiro atoms. The van der Waals surface area contributed by atoms with E-state index >= 15 is 0 Å². The van der Waals surface area contributed by atoms with Crippen molar-refractivity contribution < 1.29 is 9.47 Å². The van der Waals surface area contributed by atoms with Crippen LogP contribution in [0.5, 0.6) is 0 Å². The molecule has 2 aromatic carbocycles. The predicted octanol–water partition coefficient (Wildman–Crippen LogP) is 3.60. The normalized spacial score (nSPS) is 18.7. The molecule has 2 nitrogen and oxygen atoms in total. The lowest BCUT2D eigenvalue weighted by Gasteiger charge is -2.16. The molecule has 2 atom stereocenters. The molecule has 104 valence electrons. The highest BCUT2D eigenvalue weighted by molar-refractivity contribution is 5.15. The number of rotatable bonds is 7. The molecule has 1 heterocycles. The molecule has 0 aliphatic carbocycles. The minimum atomic E-state index is 0.204. The fraction of sp³-hybridized carbons (Fsp3) is 0.333. The fourth-order valence-corrected chi connectivity index (χ4v) is 2.38. The lowest BCUT2D eigenvalue weighted by Crippen LogP contribution is -2.20. The molecule has 0 saturated carbocycles. The monoisotopic (exact) mass is 268 g/mol. The first-order chi connectivity index (χ1) is 9.92. The van der Waals surface area contributed by atoms with E-state index in [9.17, 15) is 0 Å². The van der Waals surface area contributed by atoms with Crippen molar-refractivity contribution in [3.63, 3.8) is 0 Å². The van der Waals surface area contributed by atoms with Crippen LogP contribution in [0, 0.1) is 0 Å². The topological polar surface area (TPSA) is 21.8 Å². The highest BCUT2D eigenvalue weighted by Gasteiger charge is 2.33. The average molecular weight is 268 g/mol. The smallest absolute Gasteiger partial charge is 0.107 e. The van der Waals surface area contributed by atoms with E-state index < -0.39 is 0 Å².